The third-order valence-electron chi connectivity index (χ3n) is 6.58. The molecule has 0 aromatic heterocycles. The van der Waals surface area contributed by atoms with E-state index >= 15 is 0 Å². The van der Waals surface area contributed by atoms with Crippen LogP contribution in [-0.4, -0.2) is 47.4 Å². The Hall–Kier alpha value is -5.15. The summed E-state index contributed by atoms with van der Waals surface area (Å²) in [5.41, 5.74) is 2.58. The van der Waals surface area contributed by atoms with Gasteiger partial charge in [0, 0.05) is 28.4 Å². The summed E-state index contributed by atoms with van der Waals surface area (Å²) in [5.74, 6) is -0.287. The van der Waals surface area contributed by atoms with Gasteiger partial charge in [0.1, 0.15) is 11.4 Å². The van der Waals surface area contributed by atoms with Crippen molar-refractivity contribution in [3.63, 3.8) is 0 Å². The summed E-state index contributed by atoms with van der Waals surface area (Å²) in [6.45, 7) is 2.70. The first-order valence-electron chi connectivity index (χ1n) is 13.7. The van der Waals surface area contributed by atoms with Crippen molar-refractivity contribution in [3.05, 3.63) is 131 Å². The molecule has 216 valence electrons. The molecule has 4 amide bonds. The lowest BCUT2D eigenvalue weighted by molar-refractivity contribution is -0.113. The number of hydrogen-bond acceptors (Lipinski definition) is 6. The van der Waals surface area contributed by atoms with E-state index in [1.807, 2.05) is 19.1 Å². The number of fused-ring (bicyclic) bond motifs is 1. The average Bonchev–Trinajstić information content (AvgIpc) is 3.27. The predicted octanol–water partition coefficient (Wildman–Crippen LogP) is 5.88. The second kappa shape index (κ2) is 13.7. The number of thioether (sulfide) groups is 1. The van der Waals surface area contributed by atoms with Crippen LogP contribution in [0.5, 0.6) is 5.75 Å². The van der Waals surface area contributed by atoms with Crippen molar-refractivity contribution in [2.45, 2.75) is 11.8 Å². The van der Waals surface area contributed by atoms with Crippen molar-refractivity contribution in [1.82, 2.24) is 10.2 Å². The highest BCUT2D eigenvalue weighted by Crippen LogP contribution is 2.26. The lowest BCUT2D eigenvalue weighted by atomic mass is 10.1. The third kappa shape index (κ3) is 7.20. The van der Waals surface area contributed by atoms with Gasteiger partial charge in [-0.3, -0.25) is 24.1 Å². The van der Waals surface area contributed by atoms with Gasteiger partial charge in [-0.2, -0.15) is 0 Å². The van der Waals surface area contributed by atoms with Gasteiger partial charge in [0.25, 0.3) is 23.6 Å². The molecule has 0 atom stereocenters. The zero-order valence-electron chi connectivity index (χ0n) is 23.4. The largest absolute Gasteiger partial charge is 0.494 e. The van der Waals surface area contributed by atoms with E-state index in [2.05, 4.69) is 10.6 Å². The molecule has 0 fully saturated rings. The Morgan fingerprint density at radius 2 is 1.51 bits per heavy atom. The van der Waals surface area contributed by atoms with Crippen LogP contribution < -0.4 is 15.4 Å². The van der Waals surface area contributed by atoms with Crippen LogP contribution in [0.25, 0.3) is 6.08 Å². The summed E-state index contributed by atoms with van der Waals surface area (Å²) in [6, 6.07) is 29.9. The lowest BCUT2D eigenvalue weighted by Crippen LogP contribution is -2.31. The summed E-state index contributed by atoms with van der Waals surface area (Å²) in [5, 5.41) is 5.61. The Morgan fingerprint density at radius 1 is 0.837 bits per heavy atom. The van der Waals surface area contributed by atoms with E-state index < -0.39 is 11.8 Å². The molecule has 1 heterocycles. The normalized spacial score (nSPS) is 12.6. The molecule has 2 N–H and O–H groups in total. The molecule has 1 aliphatic heterocycles. The summed E-state index contributed by atoms with van der Waals surface area (Å²) < 4.78 is 5.50. The van der Waals surface area contributed by atoms with Gasteiger partial charge in [-0.05, 0) is 73.2 Å². The number of hydrogen-bond donors (Lipinski definition) is 2. The fourth-order valence-corrected chi connectivity index (χ4v) is 5.39. The summed E-state index contributed by atoms with van der Waals surface area (Å²) in [7, 11) is 0. The molecule has 4 aromatic rings. The Labute approximate surface area is 253 Å². The molecule has 8 nitrogen and oxygen atoms in total. The van der Waals surface area contributed by atoms with Crippen molar-refractivity contribution < 1.29 is 23.9 Å². The second-order valence-corrected chi connectivity index (χ2v) is 10.7. The van der Waals surface area contributed by atoms with Crippen LogP contribution in [0.3, 0.4) is 0 Å². The smallest absolute Gasteiger partial charge is 0.272 e. The van der Waals surface area contributed by atoms with Gasteiger partial charge in [0.2, 0.25) is 0 Å². The SMILES string of the molecule is CCOc1ccc(/C=C(/NC(=O)c2ccccc2)C(=O)Nc2cccc(SCCN3C(=O)c4ccccc4C3=O)c2)cc1. The number of nitrogens with zero attached hydrogens (tertiary/aromatic N) is 1. The molecular weight excluding hydrogens is 562 g/mol. The molecule has 43 heavy (non-hydrogen) atoms. The molecule has 0 saturated heterocycles. The van der Waals surface area contributed by atoms with Crippen LogP contribution in [0.1, 0.15) is 43.6 Å². The number of nitrogens with one attached hydrogen (secondary N) is 2. The van der Waals surface area contributed by atoms with Gasteiger partial charge >= 0.3 is 0 Å². The quantitative estimate of drug-likeness (QED) is 0.128. The molecule has 0 aliphatic carbocycles. The highest BCUT2D eigenvalue weighted by Gasteiger charge is 2.34. The number of benzene rings is 4. The number of amides is 4. The van der Waals surface area contributed by atoms with E-state index in [1.165, 1.54) is 16.7 Å². The van der Waals surface area contributed by atoms with Crippen molar-refractivity contribution in [1.29, 1.82) is 0 Å². The number of rotatable bonds is 11. The molecule has 0 unspecified atom stereocenters. The fraction of sp³-hybridized carbons (Fsp3) is 0.118. The molecule has 4 aromatic carbocycles. The average molecular weight is 592 g/mol. The first-order valence-corrected chi connectivity index (χ1v) is 14.7. The highest BCUT2D eigenvalue weighted by molar-refractivity contribution is 7.99. The third-order valence-corrected chi connectivity index (χ3v) is 7.56. The van der Waals surface area contributed by atoms with E-state index in [-0.39, 0.29) is 24.1 Å². The maximum absolute atomic E-state index is 13.4. The Morgan fingerprint density at radius 3 is 2.19 bits per heavy atom. The fourth-order valence-electron chi connectivity index (χ4n) is 4.50. The number of imide groups is 1. The molecule has 0 saturated carbocycles. The molecular formula is C34H29N3O5S. The lowest BCUT2D eigenvalue weighted by Gasteiger charge is -2.14. The van der Waals surface area contributed by atoms with Crippen LogP contribution in [0.2, 0.25) is 0 Å². The Bertz CT molecular complexity index is 1650. The van der Waals surface area contributed by atoms with E-state index in [0.29, 0.717) is 46.1 Å². The van der Waals surface area contributed by atoms with Gasteiger partial charge < -0.3 is 15.4 Å². The summed E-state index contributed by atoms with van der Waals surface area (Å²) in [4.78, 5) is 53.7. The van der Waals surface area contributed by atoms with Gasteiger partial charge in [0.15, 0.2) is 0 Å². The molecule has 0 bridgehead atoms. The monoisotopic (exact) mass is 591 g/mol. The van der Waals surface area contributed by atoms with Crippen molar-refractivity contribution in [2.75, 3.05) is 24.2 Å². The molecule has 5 rings (SSSR count). The first-order chi connectivity index (χ1) is 20.9. The second-order valence-electron chi connectivity index (χ2n) is 9.52. The van der Waals surface area contributed by atoms with Gasteiger partial charge in [-0.1, -0.05) is 48.5 Å². The zero-order valence-corrected chi connectivity index (χ0v) is 24.2. The van der Waals surface area contributed by atoms with Crippen LogP contribution in [0, 0.1) is 0 Å². The van der Waals surface area contributed by atoms with E-state index in [1.54, 1.807) is 97.1 Å². The van der Waals surface area contributed by atoms with E-state index in [9.17, 15) is 19.2 Å². The van der Waals surface area contributed by atoms with Crippen molar-refractivity contribution >= 4 is 47.2 Å². The Kier molecular flexibility index (Phi) is 9.33. The van der Waals surface area contributed by atoms with Crippen molar-refractivity contribution in [3.8, 4) is 5.75 Å². The number of carbonyl (C=O) groups is 4. The number of ether oxygens (including phenoxy) is 1. The maximum atomic E-state index is 13.4. The number of anilines is 1. The van der Waals surface area contributed by atoms with Crippen molar-refractivity contribution in [2.24, 2.45) is 0 Å². The highest BCUT2D eigenvalue weighted by atomic mass is 32.2. The first kappa shape index (κ1) is 29.3. The van der Waals surface area contributed by atoms with E-state index in [4.69, 9.17) is 4.74 Å². The Balaban J connectivity index is 1.26. The minimum atomic E-state index is -0.494. The van der Waals surface area contributed by atoms with Crippen LogP contribution in [0.4, 0.5) is 5.69 Å². The standard InChI is InChI=1S/C34H29N3O5S/c1-2-42-26-17-15-23(16-18-26)21-30(36-31(38)24-9-4-3-5-10-24)32(39)35-25-11-8-12-27(22-25)43-20-19-37-33(40)28-13-6-7-14-29(28)34(37)41/h3-18,21-22H,2,19-20H2,1H3,(H,35,39)(H,36,38)/b30-21+. The summed E-state index contributed by atoms with van der Waals surface area (Å²) >= 11 is 1.46. The number of carbonyl (C=O) groups excluding carboxylic acids is 4. The predicted molar refractivity (Wildman–Crippen MR) is 167 cm³/mol. The molecule has 1 aliphatic rings. The topological polar surface area (TPSA) is 105 Å². The molecule has 0 spiro atoms. The summed E-state index contributed by atoms with van der Waals surface area (Å²) in [6.07, 6.45) is 1.60. The van der Waals surface area contributed by atoms with Gasteiger partial charge in [0.05, 0.1) is 17.7 Å². The molecule has 9 heteroatoms. The maximum Gasteiger partial charge on any atom is 0.272 e. The molecule has 0 radical (unpaired) electrons. The van der Waals surface area contributed by atoms with Gasteiger partial charge in [-0.15, -0.1) is 11.8 Å². The van der Waals surface area contributed by atoms with Crippen LogP contribution in [-0.2, 0) is 4.79 Å². The minimum absolute atomic E-state index is 0.0710. The van der Waals surface area contributed by atoms with Crippen LogP contribution >= 0.6 is 11.8 Å². The van der Waals surface area contributed by atoms with Gasteiger partial charge in [-0.25, -0.2) is 0 Å². The zero-order chi connectivity index (χ0) is 30.2. The van der Waals surface area contributed by atoms with E-state index in [0.717, 1.165) is 4.90 Å². The van der Waals surface area contributed by atoms with Crippen LogP contribution in [0.15, 0.2) is 114 Å². The minimum Gasteiger partial charge on any atom is -0.494 e.